The molecule has 2 heterocycles. The van der Waals surface area contributed by atoms with Crippen LogP contribution in [-0.4, -0.2) is 34.0 Å². The lowest BCUT2D eigenvalue weighted by atomic mass is 10.1. The highest BCUT2D eigenvalue weighted by molar-refractivity contribution is 7.98. The average Bonchev–Trinajstić information content (AvgIpc) is 3.11. The summed E-state index contributed by atoms with van der Waals surface area (Å²) in [7, 11) is 0. The second kappa shape index (κ2) is 12.1. The second-order valence-electron chi connectivity index (χ2n) is 8.93. The molecule has 194 valence electrons. The summed E-state index contributed by atoms with van der Waals surface area (Å²) in [5.74, 6) is 0.794. The van der Waals surface area contributed by atoms with Crippen LogP contribution in [0.2, 0.25) is 0 Å². The Kier molecular flexibility index (Phi) is 8.19. The Morgan fingerprint density at radius 2 is 1.71 bits per heavy atom. The van der Waals surface area contributed by atoms with Crippen LogP contribution in [0.15, 0.2) is 84.0 Å². The zero-order chi connectivity index (χ0) is 26.3. The lowest BCUT2D eigenvalue weighted by Gasteiger charge is -2.31. The third-order valence-corrected chi connectivity index (χ3v) is 6.91. The highest BCUT2D eigenvalue weighted by atomic mass is 32.2. The minimum Gasteiger partial charge on any atom is -0.493 e. The van der Waals surface area contributed by atoms with Gasteiger partial charge in [-0.2, -0.15) is 4.98 Å². The Morgan fingerprint density at radius 1 is 0.947 bits per heavy atom. The molecule has 0 saturated carbocycles. The predicted molar refractivity (Wildman–Crippen MR) is 150 cm³/mol. The third-order valence-electron chi connectivity index (χ3n) is 6.37. The van der Waals surface area contributed by atoms with E-state index in [1.165, 1.54) is 18.2 Å². The maximum Gasteiger partial charge on any atom is 0.261 e. The van der Waals surface area contributed by atoms with Crippen molar-refractivity contribution in [3.63, 3.8) is 0 Å². The van der Waals surface area contributed by atoms with Gasteiger partial charge >= 0.3 is 0 Å². The van der Waals surface area contributed by atoms with E-state index >= 15 is 0 Å². The Labute approximate surface area is 227 Å². The van der Waals surface area contributed by atoms with Gasteiger partial charge in [0.15, 0.2) is 5.69 Å². The number of rotatable bonds is 9. The van der Waals surface area contributed by atoms with E-state index in [1.807, 2.05) is 73.0 Å². The normalized spacial score (nSPS) is 14.2. The van der Waals surface area contributed by atoms with Crippen LogP contribution in [0.1, 0.15) is 54.8 Å². The van der Waals surface area contributed by atoms with E-state index in [-0.39, 0.29) is 5.91 Å². The van der Waals surface area contributed by atoms with Crippen LogP contribution < -0.4 is 14.4 Å². The van der Waals surface area contributed by atoms with E-state index in [0.717, 1.165) is 30.4 Å². The minimum absolute atomic E-state index is 0.202. The van der Waals surface area contributed by atoms with Crippen molar-refractivity contribution in [2.75, 3.05) is 17.8 Å². The van der Waals surface area contributed by atoms with Gasteiger partial charge in [-0.15, -0.1) is 10.2 Å². The van der Waals surface area contributed by atoms with Gasteiger partial charge in [-0.25, -0.2) is 0 Å². The summed E-state index contributed by atoms with van der Waals surface area (Å²) < 4.78 is 12.9. The SMILES string of the molecule is CCCCCCOc1ccccc1C1Oc2nc(SC)nnc2-c2ccccc2N1C(=O)c1ccccc1. The maximum atomic E-state index is 14.2. The molecule has 5 rings (SSSR count). The first-order valence-electron chi connectivity index (χ1n) is 12.9. The van der Waals surface area contributed by atoms with Crippen LogP contribution in [0.4, 0.5) is 5.69 Å². The molecule has 8 heteroatoms. The third kappa shape index (κ3) is 5.36. The van der Waals surface area contributed by atoms with Gasteiger partial charge in [-0.3, -0.25) is 9.69 Å². The van der Waals surface area contributed by atoms with E-state index < -0.39 is 6.23 Å². The molecule has 0 fully saturated rings. The van der Waals surface area contributed by atoms with E-state index in [0.29, 0.717) is 40.3 Å². The van der Waals surface area contributed by atoms with Crippen molar-refractivity contribution in [2.24, 2.45) is 0 Å². The summed E-state index contributed by atoms with van der Waals surface area (Å²) in [4.78, 5) is 20.5. The quantitative estimate of drug-likeness (QED) is 0.172. The number of benzene rings is 3. The molecular weight excluding hydrogens is 496 g/mol. The summed E-state index contributed by atoms with van der Waals surface area (Å²) in [6.45, 7) is 2.78. The standard InChI is InChI=1S/C30H30N4O3S/c1-3-4-5-13-20-36-25-19-12-10-17-23(25)29-34(28(35)21-14-7-6-8-15-21)24-18-11-9-16-22(24)26-27(37-29)31-30(38-2)33-32-26/h6-12,14-19,29H,3-5,13,20H2,1-2H3. The molecule has 0 N–H and O–H groups in total. The molecule has 7 nitrogen and oxygen atoms in total. The number of fused-ring (bicyclic) bond motifs is 3. The van der Waals surface area contributed by atoms with E-state index in [2.05, 4.69) is 22.1 Å². The van der Waals surface area contributed by atoms with Crippen molar-refractivity contribution in [3.05, 3.63) is 90.0 Å². The second-order valence-corrected chi connectivity index (χ2v) is 9.70. The molecule has 1 aliphatic heterocycles. The highest BCUT2D eigenvalue weighted by Gasteiger charge is 2.37. The smallest absolute Gasteiger partial charge is 0.261 e. The Balaban J connectivity index is 1.65. The molecule has 1 aromatic heterocycles. The number of hydrogen-bond acceptors (Lipinski definition) is 7. The van der Waals surface area contributed by atoms with Gasteiger partial charge in [0, 0.05) is 11.1 Å². The molecule has 0 spiro atoms. The minimum atomic E-state index is -0.844. The number of aromatic nitrogens is 3. The van der Waals surface area contributed by atoms with E-state index in [4.69, 9.17) is 9.47 Å². The lowest BCUT2D eigenvalue weighted by molar-refractivity contribution is 0.0906. The van der Waals surface area contributed by atoms with E-state index in [1.54, 1.807) is 17.0 Å². The molecular formula is C30H30N4O3S. The van der Waals surface area contributed by atoms with Gasteiger partial charge < -0.3 is 9.47 Å². The number of hydrogen-bond donors (Lipinski definition) is 0. The van der Waals surface area contributed by atoms with Crippen molar-refractivity contribution in [1.29, 1.82) is 0 Å². The summed E-state index contributed by atoms with van der Waals surface area (Å²) in [5, 5.41) is 9.20. The van der Waals surface area contributed by atoms with Crippen molar-refractivity contribution in [3.8, 4) is 22.9 Å². The van der Waals surface area contributed by atoms with Crippen LogP contribution in [0.3, 0.4) is 0 Å². The van der Waals surface area contributed by atoms with Crippen LogP contribution in [0.25, 0.3) is 11.3 Å². The monoisotopic (exact) mass is 526 g/mol. The number of unbranched alkanes of at least 4 members (excludes halogenated alkanes) is 3. The molecule has 38 heavy (non-hydrogen) atoms. The summed E-state index contributed by atoms with van der Waals surface area (Å²) in [5.41, 5.74) is 3.16. The van der Waals surface area contributed by atoms with Crippen LogP contribution in [0.5, 0.6) is 11.6 Å². The van der Waals surface area contributed by atoms with Gasteiger partial charge in [-0.05, 0) is 43.0 Å². The van der Waals surface area contributed by atoms with Crippen molar-refractivity contribution in [1.82, 2.24) is 15.2 Å². The predicted octanol–water partition coefficient (Wildman–Crippen LogP) is 6.96. The van der Waals surface area contributed by atoms with Gasteiger partial charge in [0.1, 0.15) is 5.75 Å². The number of ether oxygens (including phenoxy) is 2. The number of anilines is 1. The average molecular weight is 527 g/mol. The molecule has 0 saturated heterocycles. The fraction of sp³-hybridized carbons (Fsp3) is 0.267. The molecule has 0 aliphatic carbocycles. The van der Waals surface area contributed by atoms with Crippen LogP contribution in [-0.2, 0) is 0 Å². The van der Waals surface area contributed by atoms with Gasteiger partial charge in [0.25, 0.3) is 5.91 Å². The van der Waals surface area contributed by atoms with Crippen molar-refractivity contribution >= 4 is 23.4 Å². The molecule has 0 bridgehead atoms. The Hall–Kier alpha value is -3.91. The summed E-state index contributed by atoms with van der Waals surface area (Å²) >= 11 is 1.38. The van der Waals surface area contributed by atoms with Crippen LogP contribution >= 0.6 is 11.8 Å². The summed E-state index contributed by atoms with van der Waals surface area (Å²) in [6, 6.07) is 24.6. The first-order valence-corrected chi connectivity index (χ1v) is 14.1. The van der Waals surface area contributed by atoms with Crippen LogP contribution in [0, 0.1) is 0 Å². The molecule has 4 aromatic rings. The fourth-order valence-electron chi connectivity index (χ4n) is 4.47. The zero-order valence-electron chi connectivity index (χ0n) is 21.5. The zero-order valence-corrected chi connectivity index (χ0v) is 22.4. The first kappa shape index (κ1) is 25.7. The summed E-state index contributed by atoms with van der Waals surface area (Å²) in [6.07, 6.45) is 5.45. The maximum absolute atomic E-state index is 14.2. The first-order chi connectivity index (χ1) is 18.7. The van der Waals surface area contributed by atoms with Gasteiger partial charge in [0.2, 0.25) is 17.3 Å². The molecule has 3 aromatic carbocycles. The largest absolute Gasteiger partial charge is 0.493 e. The number of nitrogens with zero attached hydrogens (tertiary/aromatic N) is 4. The Morgan fingerprint density at radius 3 is 2.53 bits per heavy atom. The molecule has 1 atom stereocenters. The van der Waals surface area contributed by atoms with Gasteiger partial charge in [0.05, 0.1) is 17.9 Å². The van der Waals surface area contributed by atoms with Crippen molar-refractivity contribution in [2.45, 2.75) is 44.0 Å². The molecule has 1 aliphatic rings. The topological polar surface area (TPSA) is 77.4 Å². The Bertz CT molecular complexity index is 1400. The number of amides is 1. The fourth-order valence-corrected chi connectivity index (χ4v) is 4.77. The number of para-hydroxylation sites is 2. The van der Waals surface area contributed by atoms with E-state index in [9.17, 15) is 4.79 Å². The number of carbonyl (C=O) groups is 1. The highest BCUT2D eigenvalue weighted by Crippen LogP contribution is 2.45. The van der Waals surface area contributed by atoms with Crippen molar-refractivity contribution < 1.29 is 14.3 Å². The number of carbonyl (C=O) groups excluding carboxylic acids is 1. The lowest BCUT2D eigenvalue weighted by Crippen LogP contribution is -2.38. The van der Waals surface area contributed by atoms with Gasteiger partial charge in [-0.1, -0.05) is 86.5 Å². The molecule has 1 unspecified atom stereocenters. The molecule has 0 radical (unpaired) electrons. The number of thioether (sulfide) groups is 1. The molecule has 1 amide bonds.